The highest BCUT2D eigenvalue weighted by molar-refractivity contribution is 5.27. The Balaban J connectivity index is 2.22. The van der Waals surface area contributed by atoms with Crippen LogP contribution < -0.4 is 5.32 Å². The van der Waals surface area contributed by atoms with Gasteiger partial charge in [-0.05, 0) is 57.4 Å². The lowest BCUT2D eigenvalue weighted by Gasteiger charge is -2.51. The Morgan fingerprint density at radius 3 is 2.65 bits per heavy atom. The quantitative estimate of drug-likeness (QED) is 0.910. The number of piperazine rings is 1. The fraction of sp³-hybridized carbons (Fsp3) is 0.647. The molecule has 1 N–H and O–H groups in total. The van der Waals surface area contributed by atoms with Crippen LogP contribution in [0, 0.1) is 12.7 Å². The van der Waals surface area contributed by atoms with E-state index in [1.807, 2.05) is 6.07 Å². The first-order valence-corrected chi connectivity index (χ1v) is 7.51. The van der Waals surface area contributed by atoms with Gasteiger partial charge in [-0.1, -0.05) is 13.0 Å². The van der Waals surface area contributed by atoms with Crippen LogP contribution in [0.3, 0.4) is 0 Å². The third-order valence-corrected chi connectivity index (χ3v) is 4.80. The van der Waals surface area contributed by atoms with Crippen molar-refractivity contribution in [1.82, 2.24) is 10.2 Å². The maximum Gasteiger partial charge on any atom is 0.123 e. The fourth-order valence-electron chi connectivity index (χ4n) is 2.76. The molecule has 0 aromatic heterocycles. The molecule has 2 rings (SSSR count). The lowest BCUT2D eigenvalue weighted by atomic mass is 9.87. The van der Waals surface area contributed by atoms with E-state index in [4.69, 9.17) is 0 Å². The molecule has 1 aliphatic heterocycles. The molecule has 0 saturated carbocycles. The summed E-state index contributed by atoms with van der Waals surface area (Å²) in [5.41, 5.74) is 2.50. The van der Waals surface area contributed by atoms with Crippen LogP contribution >= 0.6 is 0 Å². The Labute approximate surface area is 122 Å². The zero-order chi connectivity index (χ0) is 15.0. The summed E-state index contributed by atoms with van der Waals surface area (Å²) in [6.45, 7) is 13.8. The molecule has 1 aromatic carbocycles. The first-order chi connectivity index (χ1) is 9.26. The summed E-state index contributed by atoms with van der Waals surface area (Å²) in [4.78, 5) is 2.48. The molecule has 0 amide bonds. The third-order valence-electron chi connectivity index (χ3n) is 4.80. The van der Waals surface area contributed by atoms with Crippen molar-refractivity contribution < 1.29 is 4.39 Å². The van der Waals surface area contributed by atoms with Crippen LogP contribution in [0.4, 0.5) is 4.39 Å². The Kier molecular flexibility index (Phi) is 4.22. The molecule has 0 radical (unpaired) electrons. The van der Waals surface area contributed by atoms with Gasteiger partial charge < -0.3 is 5.32 Å². The van der Waals surface area contributed by atoms with Gasteiger partial charge in [-0.15, -0.1) is 0 Å². The van der Waals surface area contributed by atoms with Gasteiger partial charge in [-0.25, -0.2) is 4.39 Å². The summed E-state index contributed by atoms with van der Waals surface area (Å²) in [5, 5.41) is 3.66. The van der Waals surface area contributed by atoms with Gasteiger partial charge in [0.25, 0.3) is 0 Å². The number of nitrogens with zero attached hydrogens (tertiary/aromatic N) is 1. The molecule has 1 atom stereocenters. The molecule has 0 spiro atoms. The lowest BCUT2D eigenvalue weighted by Crippen LogP contribution is -2.66. The van der Waals surface area contributed by atoms with E-state index < -0.39 is 0 Å². The van der Waals surface area contributed by atoms with Crippen LogP contribution in [0.2, 0.25) is 0 Å². The van der Waals surface area contributed by atoms with E-state index in [2.05, 4.69) is 44.8 Å². The highest BCUT2D eigenvalue weighted by Crippen LogP contribution is 2.28. The normalized spacial score (nSPS) is 26.7. The molecule has 1 aliphatic rings. The van der Waals surface area contributed by atoms with Crippen LogP contribution in [-0.2, 0) is 6.54 Å². The van der Waals surface area contributed by atoms with Crippen molar-refractivity contribution in [3.8, 4) is 0 Å². The Morgan fingerprint density at radius 1 is 1.30 bits per heavy atom. The van der Waals surface area contributed by atoms with Crippen molar-refractivity contribution in [2.45, 2.75) is 58.7 Å². The predicted octanol–water partition coefficient (Wildman–Crippen LogP) is 3.49. The minimum absolute atomic E-state index is 0.0907. The molecule has 1 unspecified atom stereocenters. The summed E-state index contributed by atoms with van der Waals surface area (Å²) in [5.74, 6) is -0.142. The number of benzene rings is 1. The van der Waals surface area contributed by atoms with Crippen LogP contribution in [-0.4, -0.2) is 29.1 Å². The number of hydrogen-bond acceptors (Lipinski definition) is 2. The smallest absolute Gasteiger partial charge is 0.123 e. The van der Waals surface area contributed by atoms with Crippen molar-refractivity contribution in [3.63, 3.8) is 0 Å². The van der Waals surface area contributed by atoms with Crippen molar-refractivity contribution in [3.05, 3.63) is 35.1 Å². The zero-order valence-electron chi connectivity index (χ0n) is 13.4. The van der Waals surface area contributed by atoms with Gasteiger partial charge in [-0.2, -0.15) is 0 Å². The van der Waals surface area contributed by atoms with Gasteiger partial charge in [0.2, 0.25) is 0 Å². The molecule has 1 aromatic rings. The summed E-state index contributed by atoms with van der Waals surface area (Å²) >= 11 is 0. The van der Waals surface area contributed by atoms with E-state index in [9.17, 15) is 4.39 Å². The number of aryl methyl sites for hydroxylation is 1. The largest absolute Gasteiger partial charge is 0.308 e. The number of halogens is 1. The third kappa shape index (κ3) is 3.21. The Bertz CT molecular complexity index is 484. The monoisotopic (exact) mass is 278 g/mol. The average Bonchev–Trinajstić information content (AvgIpc) is 2.39. The second-order valence-electron chi connectivity index (χ2n) is 7.01. The molecule has 3 heteroatoms. The molecule has 1 heterocycles. The number of nitrogens with one attached hydrogen (secondary N) is 1. The van der Waals surface area contributed by atoms with E-state index >= 15 is 0 Å². The van der Waals surface area contributed by atoms with Crippen LogP contribution in [0.15, 0.2) is 18.2 Å². The second kappa shape index (κ2) is 5.45. The molecule has 112 valence electrons. The molecule has 1 fully saturated rings. The highest BCUT2D eigenvalue weighted by Gasteiger charge is 2.39. The molecule has 2 nitrogen and oxygen atoms in total. The minimum atomic E-state index is -0.142. The van der Waals surface area contributed by atoms with Gasteiger partial charge in [0.05, 0.1) is 0 Å². The van der Waals surface area contributed by atoms with Crippen LogP contribution in [0.25, 0.3) is 0 Å². The van der Waals surface area contributed by atoms with Gasteiger partial charge >= 0.3 is 0 Å². The van der Waals surface area contributed by atoms with Gasteiger partial charge in [0.1, 0.15) is 5.82 Å². The van der Waals surface area contributed by atoms with Crippen molar-refractivity contribution in [1.29, 1.82) is 0 Å². The summed E-state index contributed by atoms with van der Waals surface area (Å²) in [7, 11) is 0. The van der Waals surface area contributed by atoms with Gasteiger partial charge in [-0.3, -0.25) is 4.90 Å². The molecule has 1 saturated heterocycles. The predicted molar refractivity (Wildman–Crippen MR) is 82.3 cm³/mol. The van der Waals surface area contributed by atoms with E-state index in [0.29, 0.717) is 0 Å². The number of hydrogen-bond donors (Lipinski definition) is 1. The lowest BCUT2D eigenvalue weighted by molar-refractivity contribution is 0.0244. The second-order valence-corrected chi connectivity index (χ2v) is 7.01. The maximum atomic E-state index is 13.5. The minimum Gasteiger partial charge on any atom is -0.308 e. The molecular weight excluding hydrogens is 251 g/mol. The standard InChI is InChI=1S/C17H27FN2/c1-6-17(5)12-20(16(3,4)11-19-17)10-14-9-15(18)8-7-13(14)2/h7-9,19H,6,10-12H2,1-5H3. The van der Waals surface area contributed by atoms with Gasteiger partial charge in [0.15, 0.2) is 0 Å². The van der Waals surface area contributed by atoms with Crippen molar-refractivity contribution in [2.75, 3.05) is 13.1 Å². The Hall–Kier alpha value is -0.930. The summed E-state index contributed by atoms with van der Waals surface area (Å²) in [6.07, 6.45) is 1.10. The van der Waals surface area contributed by atoms with Crippen LogP contribution in [0.5, 0.6) is 0 Å². The topological polar surface area (TPSA) is 15.3 Å². The Morgan fingerprint density at radius 2 is 2.00 bits per heavy atom. The maximum absolute atomic E-state index is 13.5. The summed E-state index contributed by atoms with van der Waals surface area (Å²) in [6, 6.07) is 5.09. The summed E-state index contributed by atoms with van der Waals surface area (Å²) < 4.78 is 13.5. The molecule has 0 bridgehead atoms. The van der Waals surface area contributed by atoms with Gasteiger partial charge in [0, 0.05) is 30.7 Å². The van der Waals surface area contributed by atoms with Crippen LogP contribution in [0.1, 0.15) is 45.2 Å². The first kappa shape index (κ1) is 15.5. The van der Waals surface area contributed by atoms with E-state index in [-0.39, 0.29) is 16.9 Å². The SMILES string of the molecule is CCC1(C)CN(Cc2cc(F)ccc2C)C(C)(C)CN1. The highest BCUT2D eigenvalue weighted by atomic mass is 19.1. The average molecular weight is 278 g/mol. The molecular formula is C17H27FN2. The molecule has 20 heavy (non-hydrogen) atoms. The van der Waals surface area contributed by atoms with Crippen molar-refractivity contribution >= 4 is 0 Å². The van der Waals surface area contributed by atoms with E-state index in [0.717, 1.165) is 31.6 Å². The van der Waals surface area contributed by atoms with Crippen molar-refractivity contribution in [2.24, 2.45) is 0 Å². The van der Waals surface area contributed by atoms with E-state index in [1.165, 1.54) is 11.6 Å². The molecule has 0 aliphatic carbocycles. The zero-order valence-corrected chi connectivity index (χ0v) is 13.4. The number of rotatable bonds is 3. The first-order valence-electron chi connectivity index (χ1n) is 7.51. The fourth-order valence-corrected chi connectivity index (χ4v) is 2.76. The van der Waals surface area contributed by atoms with E-state index in [1.54, 1.807) is 6.07 Å².